The predicted molar refractivity (Wildman–Crippen MR) is 71.9 cm³/mol. The van der Waals surface area contributed by atoms with Crippen LogP contribution in [0.1, 0.15) is 39.0 Å². The maximum absolute atomic E-state index is 12.1. The largest absolute Gasteiger partial charge is 0.481 e. The Kier molecular flexibility index (Phi) is 4.45. The van der Waals surface area contributed by atoms with Crippen molar-refractivity contribution in [2.45, 2.75) is 45.1 Å². The Bertz CT molecular complexity index is 392. The highest BCUT2D eigenvalue weighted by atomic mass is 16.4. The van der Waals surface area contributed by atoms with E-state index in [2.05, 4.69) is 18.3 Å². The van der Waals surface area contributed by atoms with Gasteiger partial charge in [-0.25, -0.2) is 4.79 Å². The zero-order valence-electron chi connectivity index (χ0n) is 11.4. The molecule has 1 heterocycles. The SMILES string of the molecule is CC1=CCN(C(=O)NC2CCCC(C(=O)O)C2)CC1. The molecule has 0 saturated heterocycles. The molecular formula is C14H22N2O3. The molecule has 0 aromatic heterocycles. The topological polar surface area (TPSA) is 69.6 Å². The lowest BCUT2D eigenvalue weighted by atomic mass is 9.86. The van der Waals surface area contributed by atoms with Gasteiger partial charge in [0, 0.05) is 19.1 Å². The molecule has 2 aliphatic rings. The Morgan fingerprint density at radius 2 is 2.21 bits per heavy atom. The number of amides is 2. The van der Waals surface area contributed by atoms with Crippen molar-refractivity contribution in [1.82, 2.24) is 10.2 Å². The van der Waals surface area contributed by atoms with Gasteiger partial charge in [0.15, 0.2) is 0 Å². The van der Waals surface area contributed by atoms with Gasteiger partial charge in [-0.05, 0) is 32.6 Å². The highest BCUT2D eigenvalue weighted by Gasteiger charge is 2.28. The van der Waals surface area contributed by atoms with Crippen LogP contribution in [0.15, 0.2) is 11.6 Å². The first kappa shape index (κ1) is 13.9. The van der Waals surface area contributed by atoms with E-state index in [4.69, 9.17) is 5.11 Å². The van der Waals surface area contributed by atoms with Gasteiger partial charge in [0.25, 0.3) is 0 Å². The Labute approximate surface area is 113 Å². The molecule has 0 radical (unpaired) electrons. The molecule has 1 fully saturated rings. The summed E-state index contributed by atoms with van der Waals surface area (Å²) in [5.74, 6) is -1.04. The van der Waals surface area contributed by atoms with E-state index in [1.807, 2.05) is 0 Å². The van der Waals surface area contributed by atoms with Crippen molar-refractivity contribution in [3.8, 4) is 0 Å². The lowest BCUT2D eigenvalue weighted by molar-refractivity contribution is -0.143. The number of nitrogens with one attached hydrogen (secondary N) is 1. The number of aliphatic carboxylic acids is 1. The van der Waals surface area contributed by atoms with Gasteiger partial charge < -0.3 is 15.3 Å². The van der Waals surface area contributed by atoms with Gasteiger partial charge in [-0.1, -0.05) is 18.1 Å². The van der Waals surface area contributed by atoms with Crippen LogP contribution in [-0.4, -0.2) is 41.1 Å². The molecule has 5 heteroatoms. The van der Waals surface area contributed by atoms with Crippen LogP contribution >= 0.6 is 0 Å². The summed E-state index contributed by atoms with van der Waals surface area (Å²) in [4.78, 5) is 24.9. The molecule has 1 aliphatic carbocycles. The maximum Gasteiger partial charge on any atom is 0.317 e. The van der Waals surface area contributed by atoms with Crippen LogP contribution < -0.4 is 5.32 Å². The van der Waals surface area contributed by atoms with Crippen LogP contribution in [0, 0.1) is 5.92 Å². The maximum atomic E-state index is 12.1. The summed E-state index contributed by atoms with van der Waals surface area (Å²) >= 11 is 0. The van der Waals surface area contributed by atoms with Crippen LogP contribution in [0.5, 0.6) is 0 Å². The number of urea groups is 1. The number of carboxylic acid groups (broad SMARTS) is 1. The molecule has 19 heavy (non-hydrogen) atoms. The molecule has 0 aromatic carbocycles. The molecular weight excluding hydrogens is 244 g/mol. The van der Waals surface area contributed by atoms with Crippen molar-refractivity contribution in [3.63, 3.8) is 0 Å². The highest BCUT2D eigenvalue weighted by molar-refractivity contribution is 5.75. The minimum absolute atomic E-state index is 0.00866. The first-order chi connectivity index (χ1) is 9.06. The first-order valence-corrected chi connectivity index (χ1v) is 7.00. The summed E-state index contributed by atoms with van der Waals surface area (Å²) in [7, 11) is 0. The molecule has 2 N–H and O–H groups in total. The molecule has 0 bridgehead atoms. The number of nitrogens with zero attached hydrogens (tertiary/aromatic N) is 1. The summed E-state index contributed by atoms with van der Waals surface area (Å²) in [6.07, 6.45) is 6.05. The normalized spacial score (nSPS) is 27.6. The molecule has 0 spiro atoms. The fourth-order valence-electron chi connectivity index (χ4n) is 2.77. The summed E-state index contributed by atoms with van der Waals surface area (Å²) < 4.78 is 0. The van der Waals surface area contributed by atoms with Gasteiger partial charge in [0.05, 0.1) is 5.92 Å². The number of carbonyl (C=O) groups excluding carboxylic acids is 1. The van der Waals surface area contributed by atoms with Gasteiger partial charge in [-0.2, -0.15) is 0 Å². The van der Waals surface area contributed by atoms with Gasteiger partial charge in [-0.3, -0.25) is 4.79 Å². The first-order valence-electron chi connectivity index (χ1n) is 7.00. The molecule has 1 aliphatic heterocycles. The van der Waals surface area contributed by atoms with E-state index in [0.29, 0.717) is 13.0 Å². The van der Waals surface area contributed by atoms with Crippen molar-refractivity contribution < 1.29 is 14.7 Å². The fraction of sp³-hybridized carbons (Fsp3) is 0.714. The summed E-state index contributed by atoms with van der Waals surface area (Å²) in [5.41, 5.74) is 1.33. The van der Waals surface area contributed by atoms with Crippen LogP contribution in [-0.2, 0) is 4.79 Å². The lowest BCUT2D eigenvalue weighted by Crippen LogP contribution is -2.48. The molecule has 0 aromatic rings. The van der Waals surface area contributed by atoms with E-state index in [1.54, 1.807) is 4.90 Å². The second-order valence-electron chi connectivity index (χ2n) is 5.59. The standard InChI is InChI=1S/C14H22N2O3/c1-10-5-7-16(8-6-10)14(19)15-12-4-2-3-11(9-12)13(17)18/h5,11-12H,2-4,6-9H2,1H3,(H,15,19)(H,17,18). The molecule has 2 amide bonds. The average molecular weight is 266 g/mol. The van der Waals surface area contributed by atoms with E-state index >= 15 is 0 Å². The number of hydrogen-bond donors (Lipinski definition) is 2. The quantitative estimate of drug-likeness (QED) is 0.751. The van der Waals surface area contributed by atoms with E-state index in [0.717, 1.165) is 32.2 Å². The van der Waals surface area contributed by atoms with E-state index in [9.17, 15) is 9.59 Å². The Morgan fingerprint density at radius 1 is 1.42 bits per heavy atom. The zero-order chi connectivity index (χ0) is 13.8. The summed E-state index contributed by atoms with van der Waals surface area (Å²) in [6, 6.07) is -0.0471. The average Bonchev–Trinajstić information content (AvgIpc) is 2.39. The van der Waals surface area contributed by atoms with Gasteiger partial charge in [0.1, 0.15) is 0 Å². The van der Waals surface area contributed by atoms with Crippen molar-refractivity contribution >= 4 is 12.0 Å². The second kappa shape index (κ2) is 6.08. The van der Waals surface area contributed by atoms with Crippen molar-refractivity contribution in [2.75, 3.05) is 13.1 Å². The minimum atomic E-state index is -0.740. The summed E-state index contributed by atoms with van der Waals surface area (Å²) in [6.45, 7) is 3.49. The highest BCUT2D eigenvalue weighted by Crippen LogP contribution is 2.24. The van der Waals surface area contributed by atoms with Gasteiger partial charge in [0.2, 0.25) is 0 Å². The van der Waals surface area contributed by atoms with E-state index in [-0.39, 0.29) is 18.0 Å². The number of rotatable bonds is 2. The smallest absolute Gasteiger partial charge is 0.317 e. The number of hydrogen-bond acceptors (Lipinski definition) is 2. The van der Waals surface area contributed by atoms with Crippen molar-refractivity contribution in [3.05, 3.63) is 11.6 Å². The van der Waals surface area contributed by atoms with Gasteiger partial charge >= 0.3 is 12.0 Å². The lowest BCUT2D eigenvalue weighted by Gasteiger charge is -2.31. The molecule has 2 unspecified atom stereocenters. The zero-order valence-corrected chi connectivity index (χ0v) is 11.4. The van der Waals surface area contributed by atoms with Crippen LogP contribution in [0.2, 0.25) is 0 Å². The number of carbonyl (C=O) groups is 2. The monoisotopic (exact) mass is 266 g/mol. The van der Waals surface area contributed by atoms with Crippen molar-refractivity contribution in [2.24, 2.45) is 5.92 Å². The molecule has 2 atom stereocenters. The third-order valence-corrected chi connectivity index (χ3v) is 4.07. The van der Waals surface area contributed by atoms with Crippen LogP contribution in [0.25, 0.3) is 0 Å². The van der Waals surface area contributed by atoms with Crippen LogP contribution in [0.3, 0.4) is 0 Å². The Hall–Kier alpha value is -1.52. The Balaban J connectivity index is 1.83. The van der Waals surface area contributed by atoms with E-state index in [1.165, 1.54) is 5.57 Å². The fourth-order valence-corrected chi connectivity index (χ4v) is 2.77. The van der Waals surface area contributed by atoms with Gasteiger partial charge in [-0.15, -0.1) is 0 Å². The molecule has 106 valence electrons. The minimum Gasteiger partial charge on any atom is -0.481 e. The molecule has 1 saturated carbocycles. The third kappa shape index (κ3) is 3.72. The third-order valence-electron chi connectivity index (χ3n) is 4.07. The molecule has 2 rings (SSSR count). The summed E-state index contributed by atoms with van der Waals surface area (Å²) in [5, 5.41) is 12.0. The second-order valence-corrected chi connectivity index (χ2v) is 5.59. The van der Waals surface area contributed by atoms with E-state index < -0.39 is 5.97 Å². The number of carboxylic acids is 1. The Morgan fingerprint density at radius 3 is 2.84 bits per heavy atom. The molecule has 5 nitrogen and oxygen atoms in total. The predicted octanol–water partition coefficient (Wildman–Crippen LogP) is 1.99. The van der Waals surface area contributed by atoms with Crippen molar-refractivity contribution in [1.29, 1.82) is 0 Å². The van der Waals surface area contributed by atoms with Crippen LogP contribution in [0.4, 0.5) is 4.79 Å².